The molecule has 1 heterocycles. The molecule has 4 rings (SSSR count). The molecule has 3 aromatic rings. The summed E-state index contributed by atoms with van der Waals surface area (Å²) in [7, 11) is 0. The van der Waals surface area contributed by atoms with Crippen LogP contribution in [0, 0.1) is 0 Å². The van der Waals surface area contributed by atoms with Crippen molar-refractivity contribution < 1.29 is 14.3 Å². The first-order valence-corrected chi connectivity index (χ1v) is 9.92. The van der Waals surface area contributed by atoms with Crippen molar-refractivity contribution in [3.8, 4) is 0 Å². The number of halogens is 2. The number of carbonyl (C=O) groups is 2. The number of hydrogen-bond acceptors (Lipinski definition) is 4. The minimum atomic E-state index is -0.661. The maximum Gasteiger partial charge on any atom is 0.338 e. The van der Waals surface area contributed by atoms with E-state index in [0.717, 1.165) is 21.2 Å². The van der Waals surface area contributed by atoms with Gasteiger partial charge < -0.3 is 4.74 Å². The van der Waals surface area contributed by atoms with Crippen molar-refractivity contribution in [2.45, 2.75) is 9.79 Å². The Morgan fingerprint density at radius 1 is 0.857 bits per heavy atom. The Bertz CT molecular complexity index is 1020. The van der Waals surface area contributed by atoms with Crippen molar-refractivity contribution in [1.82, 2.24) is 0 Å². The first-order chi connectivity index (χ1) is 13.5. The lowest BCUT2D eigenvalue weighted by atomic mass is 10.2. The third-order valence-corrected chi connectivity index (χ3v) is 5.67. The molecule has 140 valence electrons. The van der Waals surface area contributed by atoms with Crippen LogP contribution in [0.1, 0.15) is 10.4 Å². The number of anilines is 2. The highest BCUT2D eigenvalue weighted by Gasteiger charge is 2.28. The van der Waals surface area contributed by atoms with Gasteiger partial charge in [-0.05, 0) is 42.5 Å². The Morgan fingerprint density at radius 3 is 1.96 bits per heavy atom. The zero-order valence-corrected chi connectivity index (χ0v) is 16.7. The SMILES string of the molecule is O=C(OCC(=O)N1c2ccccc2Sc2ccccc21)c1cc(Cl)cc(Cl)c1. The predicted octanol–water partition coefficient (Wildman–Crippen LogP) is 5.98. The van der Waals surface area contributed by atoms with Gasteiger partial charge in [-0.1, -0.05) is 59.2 Å². The molecule has 0 saturated carbocycles. The molecule has 0 bridgehead atoms. The summed E-state index contributed by atoms with van der Waals surface area (Å²) in [5.74, 6) is -1.01. The average molecular weight is 430 g/mol. The third-order valence-electron chi connectivity index (χ3n) is 4.11. The molecule has 7 heteroatoms. The molecule has 0 saturated heterocycles. The van der Waals surface area contributed by atoms with E-state index in [0.29, 0.717) is 10.0 Å². The number of esters is 1. The van der Waals surface area contributed by atoms with Gasteiger partial charge in [-0.15, -0.1) is 0 Å². The van der Waals surface area contributed by atoms with Gasteiger partial charge in [0.2, 0.25) is 0 Å². The van der Waals surface area contributed by atoms with Gasteiger partial charge in [-0.25, -0.2) is 4.79 Å². The first kappa shape index (κ1) is 18.9. The van der Waals surface area contributed by atoms with E-state index in [-0.39, 0.29) is 11.5 Å². The van der Waals surface area contributed by atoms with Crippen molar-refractivity contribution >= 4 is 58.2 Å². The normalized spacial score (nSPS) is 12.1. The Hall–Kier alpha value is -2.47. The number of benzene rings is 3. The van der Waals surface area contributed by atoms with Gasteiger partial charge in [-0.2, -0.15) is 0 Å². The van der Waals surface area contributed by atoms with Crippen LogP contribution < -0.4 is 4.90 Å². The summed E-state index contributed by atoms with van der Waals surface area (Å²) in [5, 5.41) is 0.642. The molecule has 4 nitrogen and oxygen atoms in total. The zero-order chi connectivity index (χ0) is 19.7. The van der Waals surface area contributed by atoms with E-state index < -0.39 is 12.6 Å². The minimum Gasteiger partial charge on any atom is -0.452 e. The highest BCUT2D eigenvalue weighted by Crippen LogP contribution is 2.47. The lowest BCUT2D eigenvalue weighted by Crippen LogP contribution is -2.32. The van der Waals surface area contributed by atoms with E-state index in [2.05, 4.69) is 0 Å². The van der Waals surface area contributed by atoms with Crippen LogP contribution in [0.3, 0.4) is 0 Å². The molecule has 0 aliphatic carbocycles. The number of hydrogen-bond donors (Lipinski definition) is 0. The lowest BCUT2D eigenvalue weighted by molar-refractivity contribution is -0.121. The van der Waals surface area contributed by atoms with Gasteiger partial charge in [0.1, 0.15) is 0 Å². The van der Waals surface area contributed by atoms with Crippen molar-refractivity contribution in [2.75, 3.05) is 11.5 Å². The molecule has 1 amide bonds. The van der Waals surface area contributed by atoms with Gasteiger partial charge in [0.05, 0.1) is 16.9 Å². The number of fused-ring (bicyclic) bond motifs is 2. The molecular weight excluding hydrogens is 417 g/mol. The fourth-order valence-electron chi connectivity index (χ4n) is 2.92. The Balaban J connectivity index is 1.58. The minimum absolute atomic E-state index is 0.195. The summed E-state index contributed by atoms with van der Waals surface area (Å²) in [6.07, 6.45) is 0. The molecule has 3 aromatic carbocycles. The van der Waals surface area contributed by atoms with Crippen LogP contribution in [-0.2, 0) is 9.53 Å². The van der Waals surface area contributed by atoms with Gasteiger partial charge in [0.25, 0.3) is 5.91 Å². The molecule has 1 aliphatic heterocycles. The van der Waals surface area contributed by atoms with E-state index in [9.17, 15) is 9.59 Å². The second-order valence-electron chi connectivity index (χ2n) is 6.00. The number of nitrogens with zero attached hydrogens (tertiary/aromatic N) is 1. The van der Waals surface area contributed by atoms with Crippen molar-refractivity contribution in [2.24, 2.45) is 0 Å². The molecule has 0 spiro atoms. The van der Waals surface area contributed by atoms with Gasteiger partial charge in [0.15, 0.2) is 6.61 Å². The number of carbonyl (C=O) groups excluding carboxylic acids is 2. The maximum atomic E-state index is 13.0. The predicted molar refractivity (Wildman–Crippen MR) is 111 cm³/mol. The van der Waals surface area contributed by atoms with Gasteiger partial charge in [0, 0.05) is 19.8 Å². The quantitative estimate of drug-likeness (QED) is 0.480. The number of ether oxygens (including phenoxy) is 1. The Kier molecular flexibility index (Phi) is 5.31. The van der Waals surface area contributed by atoms with E-state index in [1.54, 1.807) is 16.7 Å². The highest BCUT2D eigenvalue weighted by atomic mass is 35.5. The lowest BCUT2D eigenvalue weighted by Gasteiger charge is -2.30. The third kappa shape index (κ3) is 3.74. The molecule has 0 aromatic heterocycles. The standard InChI is InChI=1S/C21H13Cl2NO3S/c22-14-9-13(10-15(23)11-14)21(26)27-12-20(25)24-16-5-1-3-7-18(16)28-19-8-4-2-6-17(19)24/h1-11H,12H2. The van der Waals surface area contributed by atoms with E-state index in [1.807, 2.05) is 48.5 Å². The summed E-state index contributed by atoms with van der Waals surface area (Å²) in [6.45, 7) is -0.406. The van der Waals surface area contributed by atoms with E-state index in [4.69, 9.17) is 27.9 Å². The van der Waals surface area contributed by atoms with Crippen LogP contribution in [0.4, 0.5) is 11.4 Å². The fraction of sp³-hybridized carbons (Fsp3) is 0.0476. The summed E-state index contributed by atoms with van der Waals surface area (Å²) in [5.41, 5.74) is 1.72. The van der Waals surface area contributed by atoms with Crippen molar-refractivity contribution in [3.63, 3.8) is 0 Å². The molecule has 0 atom stereocenters. The number of amides is 1. The molecule has 0 fully saturated rings. The Morgan fingerprint density at radius 2 is 1.39 bits per heavy atom. The smallest absolute Gasteiger partial charge is 0.338 e. The second kappa shape index (κ2) is 7.87. The molecule has 1 aliphatic rings. The summed E-state index contributed by atoms with van der Waals surface area (Å²) in [4.78, 5) is 28.8. The zero-order valence-electron chi connectivity index (χ0n) is 14.4. The summed E-state index contributed by atoms with van der Waals surface area (Å²) in [6, 6.07) is 19.6. The largest absolute Gasteiger partial charge is 0.452 e. The molecule has 0 unspecified atom stereocenters. The monoisotopic (exact) mass is 429 g/mol. The van der Waals surface area contributed by atoms with Crippen LogP contribution >= 0.6 is 35.0 Å². The van der Waals surface area contributed by atoms with Crippen LogP contribution in [-0.4, -0.2) is 18.5 Å². The van der Waals surface area contributed by atoms with Crippen LogP contribution in [0.15, 0.2) is 76.5 Å². The van der Waals surface area contributed by atoms with Crippen LogP contribution in [0.5, 0.6) is 0 Å². The Labute approximate surface area is 176 Å². The van der Waals surface area contributed by atoms with Crippen LogP contribution in [0.25, 0.3) is 0 Å². The van der Waals surface area contributed by atoms with Gasteiger partial charge in [-0.3, -0.25) is 9.69 Å². The maximum absolute atomic E-state index is 13.0. The topological polar surface area (TPSA) is 46.6 Å². The molecule has 0 radical (unpaired) electrons. The summed E-state index contributed by atoms with van der Waals surface area (Å²) >= 11 is 13.4. The molecular formula is C21H13Cl2NO3S. The van der Waals surface area contributed by atoms with E-state index in [1.165, 1.54) is 18.2 Å². The highest BCUT2D eigenvalue weighted by molar-refractivity contribution is 7.99. The molecule has 0 N–H and O–H groups in total. The van der Waals surface area contributed by atoms with Crippen molar-refractivity contribution in [3.05, 3.63) is 82.3 Å². The van der Waals surface area contributed by atoms with Crippen LogP contribution in [0.2, 0.25) is 10.0 Å². The number of rotatable bonds is 3. The first-order valence-electron chi connectivity index (χ1n) is 8.35. The van der Waals surface area contributed by atoms with Gasteiger partial charge >= 0.3 is 5.97 Å². The summed E-state index contributed by atoms with van der Waals surface area (Å²) < 4.78 is 5.23. The van der Waals surface area contributed by atoms with E-state index >= 15 is 0 Å². The van der Waals surface area contributed by atoms with Crippen molar-refractivity contribution in [1.29, 1.82) is 0 Å². The molecule has 28 heavy (non-hydrogen) atoms. The fourth-order valence-corrected chi connectivity index (χ4v) is 4.50. The number of para-hydroxylation sites is 2. The second-order valence-corrected chi connectivity index (χ2v) is 7.96. The average Bonchev–Trinajstić information content (AvgIpc) is 2.69.